The van der Waals surface area contributed by atoms with Crippen molar-refractivity contribution in [2.24, 2.45) is 0 Å². The van der Waals surface area contributed by atoms with Gasteiger partial charge in [-0.25, -0.2) is 0 Å². The van der Waals surface area contributed by atoms with E-state index in [2.05, 4.69) is 10.2 Å². The van der Waals surface area contributed by atoms with Gasteiger partial charge < -0.3 is 10.2 Å². The van der Waals surface area contributed by atoms with Crippen LogP contribution in [0.4, 0.5) is 0 Å². The molecule has 0 amide bonds. The van der Waals surface area contributed by atoms with Crippen molar-refractivity contribution in [2.75, 3.05) is 0 Å². The van der Waals surface area contributed by atoms with Gasteiger partial charge in [0.2, 0.25) is 0 Å². The average Bonchev–Trinajstić information content (AvgIpc) is 2.75. The van der Waals surface area contributed by atoms with Gasteiger partial charge in [0.25, 0.3) is 0 Å². The van der Waals surface area contributed by atoms with Crippen molar-refractivity contribution >= 4 is 11.0 Å². The zero-order valence-electron chi connectivity index (χ0n) is 8.78. The molecule has 84 valence electrons. The minimum atomic E-state index is 0.0733. The fraction of sp³-hybridized carbons (Fsp3) is 0. The van der Waals surface area contributed by atoms with E-state index in [9.17, 15) is 10.2 Å². The van der Waals surface area contributed by atoms with E-state index < -0.39 is 0 Å². The van der Waals surface area contributed by atoms with Crippen molar-refractivity contribution in [3.8, 4) is 17.2 Å². The summed E-state index contributed by atoms with van der Waals surface area (Å²) in [5, 5.41) is 27.6. The first-order valence-corrected chi connectivity index (χ1v) is 5.09. The Morgan fingerprint density at radius 3 is 2.35 bits per heavy atom. The number of fused-ring (bicyclic) bond motifs is 1. The molecule has 1 aromatic heterocycles. The molecule has 0 bridgehead atoms. The number of phenolic OH excluding ortho intramolecular Hbond substituents is 2. The standard InChI is InChI=1S/C12H9N3O2/c16-10-6-2-1-5-9(10)15-13-8-4-3-7-11(17)12(8)14-15/h1-7,16-17H. The molecule has 0 aliphatic rings. The quantitative estimate of drug-likeness (QED) is 0.665. The molecule has 5 heteroatoms. The zero-order valence-corrected chi connectivity index (χ0v) is 8.78. The van der Waals surface area contributed by atoms with Gasteiger partial charge in [0.05, 0.1) is 0 Å². The van der Waals surface area contributed by atoms with Crippen molar-refractivity contribution < 1.29 is 10.2 Å². The van der Waals surface area contributed by atoms with E-state index in [1.54, 1.807) is 42.5 Å². The lowest BCUT2D eigenvalue weighted by Crippen LogP contribution is -1.98. The van der Waals surface area contributed by atoms with Crippen LogP contribution in [0.25, 0.3) is 16.7 Å². The summed E-state index contributed by atoms with van der Waals surface area (Å²) in [7, 11) is 0. The first kappa shape index (κ1) is 9.65. The Kier molecular flexibility index (Phi) is 1.98. The minimum Gasteiger partial charge on any atom is -0.506 e. The van der Waals surface area contributed by atoms with Gasteiger partial charge in [-0.05, 0) is 24.3 Å². The molecule has 0 saturated heterocycles. The van der Waals surface area contributed by atoms with Gasteiger partial charge in [-0.1, -0.05) is 18.2 Å². The third-order valence-corrected chi connectivity index (χ3v) is 2.49. The molecule has 2 N–H and O–H groups in total. The Morgan fingerprint density at radius 2 is 1.59 bits per heavy atom. The molecule has 3 aromatic rings. The Balaban J connectivity index is 2.26. The first-order valence-electron chi connectivity index (χ1n) is 5.09. The molecule has 0 fully saturated rings. The van der Waals surface area contributed by atoms with Crippen LogP contribution in [0.15, 0.2) is 42.5 Å². The maximum absolute atomic E-state index is 9.70. The van der Waals surface area contributed by atoms with E-state index in [0.29, 0.717) is 16.7 Å². The molecule has 0 atom stereocenters. The SMILES string of the molecule is Oc1ccccc1-n1nc2cccc(O)c2n1. The van der Waals surface area contributed by atoms with E-state index in [1.165, 1.54) is 4.80 Å². The molecule has 17 heavy (non-hydrogen) atoms. The van der Waals surface area contributed by atoms with Crippen molar-refractivity contribution in [3.63, 3.8) is 0 Å². The molecule has 0 radical (unpaired) electrons. The lowest BCUT2D eigenvalue weighted by Gasteiger charge is -2.00. The van der Waals surface area contributed by atoms with Crippen molar-refractivity contribution in [1.29, 1.82) is 0 Å². The molecular formula is C12H9N3O2. The van der Waals surface area contributed by atoms with Gasteiger partial charge in [-0.2, -0.15) is 0 Å². The number of hydrogen-bond donors (Lipinski definition) is 2. The van der Waals surface area contributed by atoms with E-state index in [-0.39, 0.29) is 11.5 Å². The van der Waals surface area contributed by atoms with Crippen LogP contribution in [0, 0.1) is 0 Å². The molecule has 1 heterocycles. The number of benzene rings is 2. The van der Waals surface area contributed by atoms with Crippen LogP contribution in [-0.4, -0.2) is 25.2 Å². The van der Waals surface area contributed by atoms with Crippen LogP contribution >= 0.6 is 0 Å². The number of phenols is 2. The summed E-state index contributed by atoms with van der Waals surface area (Å²) in [5.41, 5.74) is 1.46. The van der Waals surface area contributed by atoms with Crippen LogP contribution in [0.2, 0.25) is 0 Å². The highest BCUT2D eigenvalue weighted by Crippen LogP contribution is 2.24. The number of hydrogen-bond acceptors (Lipinski definition) is 4. The summed E-state index contributed by atoms with van der Waals surface area (Å²) in [6.45, 7) is 0. The third-order valence-electron chi connectivity index (χ3n) is 2.49. The molecule has 0 saturated carbocycles. The van der Waals surface area contributed by atoms with Crippen LogP contribution in [0.1, 0.15) is 0 Å². The Bertz CT molecular complexity index is 691. The van der Waals surface area contributed by atoms with Gasteiger partial charge >= 0.3 is 0 Å². The largest absolute Gasteiger partial charge is 0.506 e. The number of nitrogens with zero attached hydrogens (tertiary/aromatic N) is 3. The van der Waals surface area contributed by atoms with Crippen LogP contribution in [0.3, 0.4) is 0 Å². The maximum Gasteiger partial charge on any atom is 0.155 e. The van der Waals surface area contributed by atoms with Crippen LogP contribution < -0.4 is 0 Å². The summed E-state index contributed by atoms with van der Waals surface area (Å²) in [5.74, 6) is 0.163. The predicted molar refractivity (Wildman–Crippen MR) is 62.2 cm³/mol. The second-order valence-electron chi connectivity index (χ2n) is 3.62. The fourth-order valence-corrected chi connectivity index (χ4v) is 1.66. The highest BCUT2D eigenvalue weighted by molar-refractivity contribution is 5.80. The second-order valence-corrected chi connectivity index (χ2v) is 3.62. The summed E-state index contributed by atoms with van der Waals surface area (Å²) in [4.78, 5) is 1.31. The number of aromatic hydroxyl groups is 2. The zero-order chi connectivity index (χ0) is 11.8. The Morgan fingerprint density at radius 1 is 0.824 bits per heavy atom. The summed E-state index contributed by atoms with van der Waals surface area (Å²) < 4.78 is 0. The van der Waals surface area contributed by atoms with Gasteiger partial charge in [-0.15, -0.1) is 15.0 Å². The van der Waals surface area contributed by atoms with E-state index in [0.717, 1.165) is 0 Å². The van der Waals surface area contributed by atoms with Gasteiger partial charge in [-0.3, -0.25) is 0 Å². The highest BCUT2D eigenvalue weighted by Gasteiger charge is 2.09. The predicted octanol–water partition coefficient (Wildman–Crippen LogP) is 1.83. The molecule has 0 aliphatic heterocycles. The normalized spacial score (nSPS) is 10.8. The molecule has 2 aromatic carbocycles. The number of rotatable bonds is 1. The van der Waals surface area contributed by atoms with Crippen molar-refractivity contribution in [2.45, 2.75) is 0 Å². The monoisotopic (exact) mass is 227 g/mol. The van der Waals surface area contributed by atoms with Gasteiger partial charge in [0, 0.05) is 0 Å². The lowest BCUT2D eigenvalue weighted by atomic mass is 10.3. The van der Waals surface area contributed by atoms with Crippen LogP contribution in [0.5, 0.6) is 11.5 Å². The summed E-state index contributed by atoms with van der Waals surface area (Å²) in [6, 6.07) is 11.8. The van der Waals surface area contributed by atoms with E-state index in [1.807, 2.05) is 0 Å². The van der Waals surface area contributed by atoms with Crippen molar-refractivity contribution in [1.82, 2.24) is 15.0 Å². The first-order chi connectivity index (χ1) is 8.25. The molecule has 3 rings (SSSR count). The molecule has 5 nitrogen and oxygen atoms in total. The topological polar surface area (TPSA) is 71.2 Å². The third kappa shape index (κ3) is 1.48. The Hall–Kier alpha value is -2.56. The van der Waals surface area contributed by atoms with Crippen molar-refractivity contribution in [3.05, 3.63) is 42.5 Å². The highest BCUT2D eigenvalue weighted by atomic mass is 16.3. The molecule has 0 spiro atoms. The van der Waals surface area contributed by atoms with Gasteiger partial charge in [0.1, 0.15) is 22.7 Å². The molecule has 0 aliphatic carbocycles. The fourth-order valence-electron chi connectivity index (χ4n) is 1.66. The summed E-state index contributed by atoms with van der Waals surface area (Å²) in [6.07, 6.45) is 0. The molecular weight excluding hydrogens is 218 g/mol. The second kappa shape index (κ2) is 3.48. The number of para-hydroxylation sites is 2. The average molecular weight is 227 g/mol. The number of aromatic nitrogens is 3. The maximum atomic E-state index is 9.70. The minimum absolute atomic E-state index is 0.0733. The molecule has 0 unspecified atom stereocenters. The lowest BCUT2D eigenvalue weighted by molar-refractivity contribution is 0.467. The van der Waals surface area contributed by atoms with E-state index >= 15 is 0 Å². The smallest absolute Gasteiger partial charge is 0.155 e. The Labute approximate surface area is 96.6 Å². The van der Waals surface area contributed by atoms with E-state index in [4.69, 9.17) is 0 Å². The van der Waals surface area contributed by atoms with Gasteiger partial charge in [0.15, 0.2) is 5.52 Å². The van der Waals surface area contributed by atoms with Crippen LogP contribution in [-0.2, 0) is 0 Å². The summed E-state index contributed by atoms with van der Waals surface area (Å²) >= 11 is 0.